The second-order valence-corrected chi connectivity index (χ2v) is 8.73. The number of ketones is 1. The van der Waals surface area contributed by atoms with Gasteiger partial charge in [-0.1, -0.05) is 6.07 Å². The van der Waals surface area contributed by atoms with Gasteiger partial charge in [-0.05, 0) is 47.9 Å². The number of rotatable bonds is 6. The largest absolute Gasteiger partial charge is 0.389 e. The number of aromatic nitrogens is 2. The molecule has 0 saturated carbocycles. The number of benzene rings is 1. The van der Waals surface area contributed by atoms with Crippen molar-refractivity contribution in [1.29, 1.82) is 0 Å². The molecule has 0 radical (unpaired) electrons. The van der Waals surface area contributed by atoms with Gasteiger partial charge in [0.15, 0.2) is 5.78 Å². The first-order chi connectivity index (χ1) is 16.3. The lowest BCUT2D eigenvalue weighted by atomic mass is 9.92. The highest BCUT2D eigenvalue weighted by Crippen LogP contribution is 2.36. The van der Waals surface area contributed by atoms with E-state index in [2.05, 4.69) is 9.97 Å². The molecule has 34 heavy (non-hydrogen) atoms. The van der Waals surface area contributed by atoms with Crippen LogP contribution in [0, 0.1) is 17.5 Å². The van der Waals surface area contributed by atoms with E-state index in [1.807, 2.05) is 0 Å². The first-order valence-electron chi connectivity index (χ1n) is 10.4. The molecule has 10 heteroatoms. The average Bonchev–Trinajstić information content (AvgIpc) is 2.82. The normalized spacial score (nSPS) is 22.5. The Labute approximate surface area is 203 Å². The van der Waals surface area contributed by atoms with Crippen LogP contribution in [0.3, 0.4) is 0 Å². The number of carbonyl (C=O) groups excluding carboxylic acids is 1. The molecule has 4 rings (SSSR count). The minimum atomic E-state index is -0.994. The summed E-state index contributed by atoms with van der Waals surface area (Å²) in [7, 11) is 0. The smallest absolute Gasteiger partial charge is 0.185 e. The van der Waals surface area contributed by atoms with Gasteiger partial charge in [-0.15, -0.1) is 23.2 Å². The third-order valence-electron chi connectivity index (χ3n) is 5.65. The minimum absolute atomic E-state index is 0.0368. The predicted molar refractivity (Wildman–Crippen MR) is 120 cm³/mol. The van der Waals surface area contributed by atoms with E-state index in [1.54, 1.807) is 6.07 Å². The van der Waals surface area contributed by atoms with E-state index >= 15 is 0 Å². The third-order valence-corrected chi connectivity index (χ3v) is 6.39. The molecule has 0 unspecified atom stereocenters. The Balaban J connectivity index is 1.63. The fourth-order valence-electron chi connectivity index (χ4n) is 3.91. The van der Waals surface area contributed by atoms with Crippen molar-refractivity contribution in [3.8, 4) is 11.3 Å². The summed E-state index contributed by atoms with van der Waals surface area (Å²) in [6.07, 6.45) is 0.978. The second-order valence-electron chi connectivity index (χ2n) is 7.86. The van der Waals surface area contributed by atoms with Crippen LogP contribution in [-0.4, -0.2) is 44.3 Å². The van der Waals surface area contributed by atoms with Crippen molar-refractivity contribution >= 4 is 29.0 Å². The van der Waals surface area contributed by atoms with Crippen molar-refractivity contribution in [2.24, 2.45) is 0 Å². The molecule has 0 bridgehead atoms. The van der Waals surface area contributed by atoms with Crippen molar-refractivity contribution < 1.29 is 27.8 Å². The number of nitrogens with zero attached hydrogens (tertiary/aromatic N) is 2. The summed E-state index contributed by atoms with van der Waals surface area (Å²) >= 11 is 12.2. The molecular weight excluding hydrogens is 492 g/mol. The molecule has 2 aromatic heterocycles. The fraction of sp³-hybridized carbons (Fsp3) is 0.292. The van der Waals surface area contributed by atoms with Crippen molar-refractivity contribution in [1.82, 2.24) is 9.97 Å². The summed E-state index contributed by atoms with van der Waals surface area (Å²) < 4.78 is 48.6. The molecule has 5 nitrogen and oxygen atoms in total. The van der Waals surface area contributed by atoms with Gasteiger partial charge >= 0.3 is 0 Å². The Hall–Kier alpha value is -2.52. The Morgan fingerprint density at radius 3 is 2.56 bits per heavy atom. The van der Waals surface area contributed by atoms with Crippen LogP contribution < -0.4 is 0 Å². The van der Waals surface area contributed by atoms with Crippen LogP contribution in [0.1, 0.15) is 34.1 Å². The van der Waals surface area contributed by atoms with Crippen molar-refractivity contribution in [3.05, 3.63) is 83.1 Å². The van der Waals surface area contributed by atoms with Crippen LogP contribution in [0.15, 0.2) is 48.8 Å². The summed E-state index contributed by atoms with van der Waals surface area (Å²) in [5.74, 6) is -3.43. The number of hydrogen-bond acceptors (Lipinski definition) is 5. The molecule has 0 aliphatic carbocycles. The van der Waals surface area contributed by atoms with Crippen LogP contribution in [0.25, 0.3) is 11.3 Å². The Kier molecular flexibility index (Phi) is 7.52. The van der Waals surface area contributed by atoms with E-state index in [0.717, 1.165) is 30.3 Å². The average molecular weight is 511 g/mol. The first-order valence-corrected chi connectivity index (χ1v) is 11.4. The number of pyridine rings is 2. The van der Waals surface area contributed by atoms with Gasteiger partial charge in [-0.2, -0.15) is 0 Å². The highest BCUT2D eigenvalue weighted by Gasteiger charge is 2.37. The molecule has 0 amide bonds. The molecule has 3 heterocycles. The highest BCUT2D eigenvalue weighted by atomic mass is 35.5. The molecule has 3 aromatic rings. The lowest BCUT2D eigenvalue weighted by molar-refractivity contribution is -0.106. The van der Waals surface area contributed by atoms with E-state index < -0.39 is 58.2 Å². The number of carbonyl (C=O) groups is 1. The van der Waals surface area contributed by atoms with E-state index in [9.17, 15) is 23.1 Å². The summed E-state index contributed by atoms with van der Waals surface area (Å²) in [5.41, 5.74) is -0.254. The van der Waals surface area contributed by atoms with Crippen LogP contribution in [0.2, 0.25) is 0 Å². The quantitative estimate of drug-likeness (QED) is 0.372. The molecule has 1 aliphatic heterocycles. The number of ether oxygens (including phenoxy) is 1. The van der Waals surface area contributed by atoms with Gasteiger partial charge in [0, 0.05) is 18.8 Å². The number of halogens is 5. The van der Waals surface area contributed by atoms with Gasteiger partial charge in [0.2, 0.25) is 0 Å². The Morgan fingerprint density at radius 2 is 1.85 bits per heavy atom. The van der Waals surface area contributed by atoms with Crippen molar-refractivity contribution in [2.45, 2.75) is 36.5 Å². The van der Waals surface area contributed by atoms with Gasteiger partial charge in [0.25, 0.3) is 0 Å². The number of aliphatic hydroxyl groups excluding tert-OH is 1. The van der Waals surface area contributed by atoms with Gasteiger partial charge in [0.05, 0.1) is 35.1 Å². The van der Waals surface area contributed by atoms with Gasteiger partial charge in [0.1, 0.15) is 28.8 Å². The number of alkyl halides is 2. The van der Waals surface area contributed by atoms with E-state index in [4.69, 9.17) is 27.9 Å². The molecule has 178 valence electrons. The maximum atomic E-state index is 14.4. The SMILES string of the molecule is O=C(Cc1cnccc1[C@H]1C[C@H](Cl)[C@H](O)[C@@H](CCl)O1)c1ccc(F)c(-c2c(F)cccc2F)n1. The van der Waals surface area contributed by atoms with Gasteiger partial charge in [-0.25, -0.2) is 18.2 Å². The summed E-state index contributed by atoms with van der Waals surface area (Å²) in [6.45, 7) is 0. The molecule has 1 fully saturated rings. The van der Waals surface area contributed by atoms with Crippen LogP contribution in [0.5, 0.6) is 0 Å². The van der Waals surface area contributed by atoms with Crippen molar-refractivity contribution in [3.63, 3.8) is 0 Å². The Morgan fingerprint density at radius 1 is 1.12 bits per heavy atom. The maximum Gasteiger partial charge on any atom is 0.185 e. The second kappa shape index (κ2) is 10.4. The third kappa shape index (κ3) is 4.95. The van der Waals surface area contributed by atoms with Gasteiger partial charge in [-0.3, -0.25) is 9.78 Å². The topological polar surface area (TPSA) is 72.3 Å². The monoisotopic (exact) mass is 510 g/mol. The summed E-state index contributed by atoms with van der Waals surface area (Å²) in [4.78, 5) is 21.0. The highest BCUT2D eigenvalue weighted by molar-refractivity contribution is 6.21. The molecular formula is C24H19Cl2F3N2O3. The molecule has 1 saturated heterocycles. The Bertz CT molecular complexity index is 1190. The standard InChI is InChI=1S/C24H19Cl2F3N2O3/c25-10-21-24(33)14(26)9-20(34-21)13-6-7-30-11-12(13)8-19(32)18-5-4-17(29)23(31-18)22-15(27)2-1-3-16(22)28/h1-7,11,14,20-21,24,33H,8-10H2/t14-,20+,21+,24-/m0/s1. The lowest BCUT2D eigenvalue weighted by Gasteiger charge is -2.36. The molecule has 0 spiro atoms. The van der Waals surface area contributed by atoms with Gasteiger partial charge < -0.3 is 9.84 Å². The fourth-order valence-corrected chi connectivity index (χ4v) is 4.49. The van der Waals surface area contributed by atoms with E-state index in [1.165, 1.54) is 12.4 Å². The zero-order valence-corrected chi connectivity index (χ0v) is 19.1. The lowest BCUT2D eigenvalue weighted by Crippen LogP contribution is -2.44. The number of aliphatic hydroxyl groups is 1. The maximum absolute atomic E-state index is 14.4. The zero-order valence-electron chi connectivity index (χ0n) is 17.6. The van der Waals surface area contributed by atoms with Crippen LogP contribution in [-0.2, 0) is 11.2 Å². The van der Waals surface area contributed by atoms with Crippen LogP contribution >= 0.6 is 23.2 Å². The zero-order chi connectivity index (χ0) is 24.4. The van der Waals surface area contributed by atoms with E-state index in [0.29, 0.717) is 11.1 Å². The minimum Gasteiger partial charge on any atom is -0.389 e. The number of hydrogen-bond donors (Lipinski definition) is 1. The predicted octanol–water partition coefficient (Wildman–Crippen LogP) is 5.02. The molecule has 1 aliphatic rings. The first kappa shape index (κ1) is 24.6. The molecule has 4 atom stereocenters. The van der Waals surface area contributed by atoms with E-state index in [-0.39, 0.29) is 24.4 Å². The molecule has 1 N–H and O–H groups in total. The molecule has 1 aromatic carbocycles. The summed E-state index contributed by atoms with van der Waals surface area (Å²) in [6, 6.07) is 6.89. The van der Waals surface area contributed by atoms with Crippen molar-refractivity contribution in [2.75, 3.05) is 5.88 Å². The van der Waals surface area contributed by atoms with Crippen LogP contribution in [0.4, 0.5) is 13.2 Å². The summed E-state index contributed by atoms with van der Waals surface area (Å²) in [5, 5.41) is 9.55. The number of Topliss-reactive ketones (excluding diaryl/α,β-unsaturated/α-hetero) is 1.